The summed E-state index contributed by atoms with van der Waals surface area (Å²) in [7, 11) is 0. The number of amides is 1. The fraction of sp³-hybridized carbons (Fsp3) is 0.350. The van der Waals surface area contributed by atoms with Gasteiger partial charge >= 0.3 is 0 Å². The number of benzene rings is 1. The minimum absolute atomic E-state index is 0.0830. The number of hydrogen-bond acceptors (Lipinski definition) is 4. The number of guanidine groups is 1. The molecule has 0 unspecified atom stereocenters. The number of carbonyl (C=O) groups is 1. The van der Waals surface area contributed by atoms with Crippen LogP contribution in [-0.4, -0.2) is 17.6 Å². The Kier molecular flexibility index (Phi) is 5.47. The molecule has 0 saturated heterocycles. The molecule has 3 rings (SSSR count). The zero-order chi connectivity index (χ0) is 20.5. The van der Waals surface area contributed by atoms with Crippen molar-refractivity contribution in [3.05, 3.63) is 57.5 Å². The Morgan fingerprint density at radius 3 is 2.68 bits per heavy atom. The van der Waals surface area contributed by atoms with E-state index < -0.39 is 0 Å². The Bertz CT molecular complexity index is 971. The fourth-order valence-corrected chi connectivity index (χ4v) is 3.63. The van der Waals surface area contributed by atoms with Crippen LogP contribution in [0.2, 0.25) is 5.02 Å². The fourth-order valence-electron chi connectivity index (χ4n) is 3.43. The molecule has 1 aliphatic rings. The quantitative estimate of drug-likeness (QED) is 0.414. The van der Waals surface area contributed by atoms with Crippen molar-refractivity contribution in [2.75, 3.05) is 0 Å². The van der Waals surface area contributed by atoms with E-state index in [1.807, 2.05) is 25.1 Å². The number of fused-ring (bicyclic) bond motifs is 1. The third kappa shape index (κ3) is 4.20. The van der Waals surface area contributed by atoms with Crippen LogP contribution in [0.5, 0.6) is 0 Å². The molecule has 1 aromatic carbocycles. The van der Waals surface area contributed by atoms with Gasteiger partial charge in [0.15, 0.2) is 5.76 Å². The van der Waals surface area contributed by atoms with Crippen molar-refractivity contribution in [3.63, 3.8) is 0 Å². The first kappa shape index (κ1) is 19.9. The van der Waals surface area contributed by atoms with Crippen molar-refractivity contribution in [3.8, 4) is 0 Å². The summed E-state index contributed by atoms with van der Waals surface area (Å²) in [6, 6.07) is 7.37. The molecular weight excluding hydrogens is 378 g/mol. The molecule has 5 N–H and O–H groups in total. The smallest absolute Gasteiger partial charge is 0.287 e. The lowest BCUT2D eigenvalue weighted by Crippen LogP contribution is -2.27. The van der Waals surface area contributed by atoms with Crippen molar-refractivity contribution >= 4 is 29.2 Å². The lowest BCUT2D eigenvalue weighted by atomic mass is 9.75. The topological polar surface area (TPSA) is 119 Å². The summed E-state index contributed by atoms with van der Waals surface area (Å²) in [5, 5.41) is 11.5. The maximum absolute atomic E-state index is 12.7. The van der Waals surface area contributed by atoms with Gasteiger partial charge in [-0.25, -0.2) is 0 Å². The normalized spacial score (nSPS) is 16.5. The minimum Gasteiger partial charge on any atom is -0.455 e. The van der Waals surface area contributed by atoms with Gasteiger partial charge in [-0.05, 0) is 30.4 Å². The van der Waals surface area contributed by atoms with Crippen LogP contribution in [0.25, 0.3) is 0 Å². The van der Waals surface area contributed by atoms with Gasteiger partial charge in [0.05, 0.1) is 5.71 Å². The first-order valence-corrected chi connectivity index (χ1v) is 9.35. The van der Waals surface area contributed by atoms with Crippen molar-refractivity contribution < 1.29 is 9.21 Å². The van der Waals surface area contributed by atoms with E-state index in [2.05, 4.69) is 29.4 Å². The SMILES string of the molecule is Cc1c(C(=O)NCc2ccccc2Cl)oc2c1/C(=N\N=C(N)N)CC(C)(C)C2. The van der Waals surface area contributed by atoms with Gasteiger partial charge in [0, 0.05) is 29.1 Å². The highest BCUT2D eigenvalue weighted by Gasteiger charge is 2.36. The second kappa shape index (κ2) is 7.67. The number of nitrogens with two attached hydrogens (primary N) is 2. The van der Waals surface area contributed by atoms with E-state index in [0.29, 0.717) is 30.1 Å². The summed E-state index contributed by atoms with van der Waals surface area (Å²) >= 11 is 6.15. The van der Waals surface area contributed by atoms with E-state index in [1.54, 1.807) is 6.07 Å². The van der Waals surface area contributed by atoms with Gasteiger partial charge < -0.3 is 21.2 Å². The standard InChI is InChI=1S/C20H24ClN5O2/c1-11-16-14(25-26-19(22)23)8-20(2,3)9-15(16)28-17(11)18(27)24-10-12-6-4-5-7-13(12)21/h4-7H,8-10H2,1-3H3,(H,24,27)(H4,22,23,26)/b25-14-. The summed E-state index contributed by atoms with van der Waals surface area (Å²) in [4.78, 5) is 12.7. The average Bonchev–Trinajstić information content (AvgIpc) is 2.94. The van der Waals surface area contributed by atoms with Crippen molar-refractivity contribution in [2.45, 2.75) is 40.2 Å². The van der Waals surface area contributed by atoms with E-state index in [9.17, 15) is 4.79 Å². The molecule has 1 amide bonds. The maximum Gasteiger partial charge on any atom is 0.287 e. The number of halogens is 1. The molecule has 8 heteroatoms. The van der Waals surface area contributed by atoms with Gasteiger partial charge in [-0.2, -0.15) is 5.10 Å². The monoisotopic (exact) mass is 401 g/mol. The molecule has 0 fully saturated rings. The van der Waals surface area contributed by atoms with Gasteiger partial charge in [0.2, 0.25) is 5.96 Å². The number of hydrogen-bond donors (Lipinski definition) is 3. The minimum atomic E-state index is -0.300. The highest BCUT2D eigenvalue weighted by Crippen LogP contribution is 2.39. The molecule has 0 aliphatic heterocycles. The van der Waals surface area contributed by atoms with E-state index in [4.69, 9.17) is 27.5 Å². The molecular formula is C20H24ClN5O2. The molecule has 1 aliphatic carbocycles. The Balaban J connectivity index is 1.90. The van der Waals surface area contributed by atoms with E-state index in [-0.39, 0.29) is 23.0 Å². The molecule has 1 heterocycles. The van der Waals surface area contributed by atoms with Gasteiger partial charge in [0.25, 0.3) is 5.91 Å². The van der Waals surface area contributed by atoms with Crippen molar-refractivity contribution in [2.24, 2.45) is 27.1 Å². The van der Waals surface area contributed by atoms with E-state index in [0.717, 1.165) is 22.5 Å². The summed E-state index contributed by atoms with van der Waals surface area (Å²) in [6.45, 7) is 6.37. The van der Waals surface area contributed by atoms with Crippen LogP contribution < -0.4 is 16.8 Å². The van der Waals surface area contributed by atoms with Gasteiger partial charge in [-0.1, -0.05) is 43.6 Å². The lowest BCUT2D eigenvalue weighted by molar-refractivity contribution is 0.0919. The summed E-state index contributed by atoms with van der Waals surface area (Å²) in [5.74, 6) is 0.579. The van der Waals surface area contributed by atoms with Gasteiger partial charge in [-0.3, -0.25) is 4.79 Å². The summed E-state index contributed by atoms with van der Waals surface area (Å²) < 4.78 is 5.95. The molecule has 148 valence electrons. The van der Waals surface area contributed by atoms with E-state index >= 15 is 0 Å². The Hall–Kier alpha value is -2.80. The highest BCUT2D eigenvalue weighted by molar-refractivity contribution is 6.31. The van der Waals surface area contributed by atoms with Crippen LogP contribution in [0.15, 0.2) is 38.9 Å². The first-order valence-electron chi connectivity index (χ1n) is 8.97. The zero-order valence-corrected chi connectivity index (χ0v) is 16.9. The maximum atomic E-state index is 12.7. The van der Waals surface area contributed by atoms with E-state index in [1.165, 1.54) is 0 Å². The Labute approximate surface area is 168 Å². The molecule has 2 aromatic rings. The molecule has 0 atom stereocenters. The first-order chi connectivity index (χ1) is 13.2. The second-order valence-electron chi connectivity index (χ2n) is 7.72. The van der Waals surface area contributed by atoms with Crippen LogP contribution in [0, 0.1) is 12.3 Å². The largest absolute Gasteiger partial charge is 0.455 e. The number of nitrogens with zero attached hydrogens (tertiary/aromatic N) is 2. The van der Waals surface area contributed by atoms with Crippen LogP contribution in [0.4, 0.5) is 0 Å². The van der Waals surface area contributed by atoms with Crippen molar-refractivity contribution in [1.29, 1.82) is 0 Å². The lowest BCUT2D eigenvalue weighted by Gasteiger charge is -2.29. The molecule has 1 aromatic heterocycles. The Morgan fingerprint density at radius 1 is 1.29 bits per heavy atom. The molecule has 28 heavy (non-hydrogen) atoms. The molecule has 0 saturated carbocycles. The zero-order valence-electron chi connectivity index (χ0n) is 16.2. The molecule has 0 spiro atoms. The average molecular weight is 402 g/mol. The van der Waals surface area contributed by atoms with Crippen LogP contribution >= 0.6 is 11.6 Å². The predicted molar refractivity (Wildman–Crippen MR) is 111 cm³/mol. The summed E-state index contributed by atoms with van der Waals surface area (Å²) in [6.07, 6.45) is 1.37. The number of furan rings is 1. The molecule has 0 radical (unpaired) electrons. The Morgan fingerprint density at radius 2 is 2.00 bits per heavy atom. The highest BCUT2D eigenvalue weighted by atomic mass is 35.5. The summed E-state index contributed by atoms with van der Waals surface area (Å²) in [5.41, 5.74) is 13.8. The van der Waals surface area contributed by atoms with Crippen LogP contribution in [-0.2, 0) is 13.0 Å². The van der Waals surface area contributed by atoms with Crippen molar-refractivity contribution in [1.82, 2.24) is 5.32 Å². The third-order valence-electron chi connectivity index (χ3n) is 4.68. The molecule has 0 bridgehead atoms. The van der Waals surface area contributed by atoms with Crippen LogP contribution in [0.3, 0.4) is 0 Å². The second-order valence-corrected chi connectivity index (χ2v) is 8.12. The van der Waals surface area contributed by atoms with Crippen LogP contribution in [0.1, 0.15) is 53.3 Å². The van der Waals surface area contributed by atoms with Gasteiger partial charge in [-0.15, -0.1) is 5.10 Å². The number of carbonyl (C=O) groups excluding carboxylic acids is 1. The number of nitrogens with one attached hydrogen (secondary N) is 1. The number of rotatable bonds is 4. The molecule has 7 nitrogen and oxygen atoms in total. The third-order valence-corrected chi connectivity index (χ3v) is 5.05. The predicted octanol–water partition coefficient (Wildman–Crippen LogP) is 3.12. The van der Waals surface area contributed by atoms with Gasteiger partial charge in [0.1, 0.15) is 5.76 Å².